The summed E-state index contributed by atoms with van der Waals surface area (Å²) in [6, 6.07) is 3.58. The standard InChI is InChI=1S/C15H19N3O3/c1-3-5-11-9-12(17-20-11)15(19)18-7-4-6-13(18)14-8-10(2)16-21-14/h8-9,13H,3-7H2,1-2H3/t13-/m1/s1. The predicted octanol–water partition coefficient (Wildman–Crippen LogP) is 2.90. The van der Waals surface area contributed by atoms with Crippen molar-refractivity contribution in [1.82, 2.24) is 15.2 Å². The zero-order valence-corrected chi connectivity index (χ0v) is 12.3. The monoisotopic (exact) mass is 289 g/mol. The number of amides is 1. The molecule has 0 spiro atoms. The fourth-order valence-corrected chi connectivity index (χ4v) is 2.77. The van der Waals surface area contributed by atoms with Gasteiger partial charge in [-0.05, 0) is 26.2 Å². The Hall–Kier alpha value is -2.11. The van der Waals surface area contributed by atoms with Crippen molar-refractivity contribution in [2.45, 2.75) is 45.6 Å². The summed E-state index contributed by atoms with van der Waals surface area (Å²) in [5.41, 5.74) is 1.21. The third kappa shape index (κ3) is 2.70. The van der Waals surface area contributed by atoms with Crippen LogP contribution in [0.15, 0.2) is 21.2 Å². The van der Waals surface area contributed by atoms with Gasteiger partial charge in [0.1, 0.15) is 5.76 Å². The molecule has 21 heavy (non-hydrogen) atoms. The van der Waals surface area contributed by atoms with Crippen LogP contribution in [0.5, 0.6) is 0 Å². The van der Waals surface area contributed by atoms with E-state index in [0.717, 1.165) is 42.9 Å². The molecule has 3 heterocycles. The van der Waals surface area contributed by atoms with Gasteiger partial charge in [-0.15, -0.1) is 0 Å². The molecule has 0 saturated carbocycles. The highest BCUT2D eigenvalue weighted by Gasteiger charge is 2.34. The van der Waals surface area contributed by atoms with E-state index in [0.29, 0.717) is 12.2 Å². The molecule has 0 radical (unpaired) electrons. The van der Waals surface area contributed by atoms with Crippen LogP contribution in [-0.4, -0.2) is 27.7 Å². The van der Waals surface area contributed by atoms with Crippen LogP contribution < -0.4 is 0 Å². The first-order valence-corrected chi connectivity index (χ1v) is 7.39. The van der Waals surface area contributed by atoms with Crippen molar-refractivity contribution in [2.75, 3.05) is 6.54 Å². The molecule has 0 bridgehead atoms. The van der Waals surface area contributed by atoms with Crippen molar-refractivity contribution in [3.8, 4) is 0 Å². The number of hydrogen-bond acceptors (Lipinski definition) is 5. The van der Waals surface area contributed by atoms with Crippen molar-refractivity contribution in [2.24, 2.45) is 0 Å². The first kappa shape index (κ1) is 13.9. The lowest BCUT2D eigenvalue weighted by Gasteiger charge is -2.21. The Morgan fingerprint density at radius 2 is 2.24 bits per heavy atom. The van der Waals surface area contributed by atoms with Crippen molar-refractivity contribution in [3.63, 3.8) is 0 Å². The second-order valence-corrected chi connectivity index (χ2v) is 5.46. The fraction of sp³-hybridized carbons (Fsp3) is 0.533. The van der Waals surface area contributed by atoms with Crippen molar-refractivity contribution < 1.29 is 13.8 Å². The number of hydrogen-bond donors (Lipinski definition) is 0. The highest BCUT2D eigenvalue weighted by Crippen LogP contribution is 2.33. The number of nitrogens with zero attached hydrogens (tertiary/aromatic N) is 3. The molecule has 3 rings (SSSR count). The minimum atomic E-state index is -0.0994. The highest BCUT2D eigenvalue weighted by molar-refractivity contribution is 5.92. The number of carbonyl (C=O) groups is 1. The van der Waals surface area contributed by atoms with Crippen LogP contribution in [0.2, 0.25) is 0 Å². The summed E-state index contributed by atoms with van der Waals surface area (Å²) in [5, 5.41) is 7.81. The van der Waals surface area contributed by atoms with Gasteiger partial charge in [0.05, 0.1) is 11.7 Å². The van der Waals surface area contributed by atoms with Gasteiger partial charge in [0, 0.05) is 25.1 Å². The average molecular weight is 289 g/mol. The second-order valence-electron chi connectivity index (χ2n) is 5.46. The van der Waals surface area contributed by atoms with E-state index < -0.39 is 0 Å². The molecular formula is C15H19N3O3. The normalized spacial score (nSPS) is 18.4. The van der Waals surface area contributed by atoms with Gasteiger partial charge in [-0.2, -0.15) is 0 Å². The summed E-state index contributed by atoms with van der Waals surface area (Å²) in [4.78, 5) is 14.4. The number of aromatic nitrogens is 2. The molecule has 1 atom stereocenters. The zero-order chi connectivity index (χ0) is 14.8. The van der Waals surface area contributed by atoms with E-state index in [1.807, 2.05) is 13.0 Å². The molecule has 6 heteroatoms. The molecule has 1 aliphatic rings. The Labute approximate surface area is 123 Å². The molecule has 1 saturated heterocycles. The lowest BCUT2D eigenvalue weighted by atomic mass is 10.1. The Morgan fingerprint density at radius 3 is 2.95 bits per heavy atom. The van der Waals surface area contributed by atoms with Gasteiger partial charge < -0.3 is 13.9 Å². The first-order valence-electron chi connectivity index (χ1n) is 7.39. The molecule has 1 aliphatic heterocycles. The van der Waals surface area contributed by atoms with Crippen LogP contribution in [-0.2, 0) is 6.42 Å². The molecule has 2 aromatic heterocycles. The lowest BCUT2D eigenvalue weighted by molar-refractivity contribution is 0.0704. The Morgan fingerprint density at radius 1 is 1.38 bits per heavy atom. The van der Waals surface area contributed by atoms with Crippen LogP contribution in [0, 0.1) is 6.92 Å². The van der Waals surface area contributed by atoms with E-state index in [2.05, 4.69) is 17.2 Å². The van der Waals surface area contributed by atoms with E-state index in [-0.39, 0.29) is 11.9 Å². The second kappa shape index (κ2) is 5.71. The maximum Gasteiger partial charge on any atom is 0.276 e. The average Bonchev–Trinajstić information content (AvgIpc) is 3.17. The zero-order valence-electron chi connectivity index (χ0n) is 12.3. The van der Waals surface area contributed by atoms with Gasteiger partial charge in [-0.3, -0.25) is 4.79 Å². The van der Waals surface area contributed by atoms with Crippen LogP contribution in [0.3, 0.4) is 0 Å². The van der Waals surface area contributed by atoms with Crippen LogP contribution in [0.1, 0.15) is 59.9 Å². The third-order valence-corrected chi connectivity index (χ3v) is 3.76. The highest BCUT2D eigenvalue weighted by atomic mass is 16.5. The van der Waals surface area contributed by atoms with Gasteiger partial charge in [0.2, 0.25) is 0 Å². The molecule has 1 fully saturated rings. The summed E-state index contributed by atoms with van der Waals surface area (Å²) in [6.07, 6.45) is 3.60. The van der Waals surface area contributed by atoms with Crippen molar-refractivity contribution >= 4 is 5.91 Å². The van der Waals surface area contributed by atoms with Crippen LogP contribution in [0.4, 0.5) is 0 Å². The van der Waals surface area contributed by atoms with Crippen LogP contribution >= 0.6 is 0 Å². The number of aryl methyl sites for hydroxylation is 2. The largest absolute Gasteiger partial charge is 0.361 e. The van der Waals surface area contributed by atoms with E-state index in [1.165, 1.54) is 0 Å². The Balaban J connectivity index is 1.79. The summed E-state index contributed by atoms with van der Waals surface area (Å²) >= 11 is 0. The van der Waals surface area contributed by atoms with Gasteiger partial charge in [-0.25, -0.2) is 0 Å². The smallest absolute Gasteiger partial charge is 0.276 e. The van der Waals surface area contributed by atoms with E-state index >= 15 is 0 Å². The Kier molecular flexibility index (Phi) is 3.77. The molecule has 2 aromatic rings. The topological polar surface area (TPSA) is 72.4 Å². The van der Waals surface area contributed by atoms with E-state index in [4.69, 9.17) is 9.05 Å². The van der Waals surface area contributed by atoms with E-state index in [1.54, 1.807) is 11.0 Å². The predicted molar refractivity (Wildman–Crippen MR) is 74.7 cm³/mol. The maximum absolute atomic E-state index is 12.6. The van der Waals surface area contributed by atoms with E-state index in [9.17, 15) is 4.79 Å². The number of rotatable bonds is 4. The molecule has 6 nitrogen and oxygen atoms in total. The molecule has 1 amide bonds. The minimum Gasteiger partial charge on any atom is -0.361 e. The van der Waals surface area contributed by atoms with Gasteiger partial charge in [0.15, 0.2) is 11.5 Å². The molecule has 0 aromatic carbocycles. The molecule has 112 valence electrons. The third-order valence-electron chi connectivity index (χ3n) is 3.76. The maximum atomic E-state index is 12.6. The summed E-state index contributed by atoms with van der Waals surface area (Å²) in [7, 11) is 0. The lowest BCUT2D eigenvalue weighted by Crippen LogP contribution is -2.30. The van der Waals surface area contributed by atoms with Crippen molar-refractivity contribution in [3.05, 3.63) is 35.0 Å². The SMILES string of the molecule is CCCc1cc(C(=O)N2CCC[C@@H]2c2cc(C)no2)no1. The molecular weight excluding hydrogens is 270 g/mol. The first-order chi connectivity index (χ1) is 10.2. The Bertz CT molecular complexity index is 632. The summed E-state index contributed by atoms with van der Waals surface area (Å²) in [5.74, 6) is 1.40. The molecule has 0 aliphatic carbocycles. The molecule has 0 N–H and O–H groups in total. The van der Waals surface area contributed by atoms with Gasteiger partial charge in [-0.1, -0.05) is 17.2 Å². The number of carbonyl (C=O) groups excluding carboxylic acids is 1. The fourth-order valence-electron chi connectivity index (χ4n) is 2.77. The summed E-state index contributed by atoms with van der Waals surface area (Å²) < 4.78 is 10.5. The van der Waals surface area contributed by atoms with Crippen molar-refractivity contribution in [1.29, 1.82) is 0 Å². The summed E-state index contributed by atoms with van der Waals surface area (Å²) in [6.45, 7) is 4.65. The quantitative estimate of drug-likeness (QED) is 0.865. The van der Waals surface area contributed by atoms with Crippen LogP contribution in [0.25, 0.3) is 0 Å². The minimum absolute atomic E-state index is 0.0509. The van der Waals surface area contributed by atoms with Gasteiger partial charge >= 0.3 is 0 Å². The molecule has 0 unspecified atom stereocenters. The number of likely N-dealkylation sites (tertiary alicyclic amines) is 1. The van der Waals surface area contributed by atoms with Gasteiger partial charge in [0.25, 0.3) is 5.91 Å².